The lowest BCUT2D eigenvalue weighted by molar-refractivity contribution is 0.271. The van der Waals surface area contributed by atoms with Crippen molar-refractivity contribution in [1.29, 1.82) is 0 Å². The van der Waals surface area contributed by atoms with Crippen molar-refractivity contribution in [3.8, 4) is 0 Å². The summed E-state index contributed by atoms with van der Waals surface area (Å²) in [4.78, 5) is 11.3. The van der Waals surface area contributed by atoms with Gasteiger partial charge >= 0.3 is 0 Å². The molecule has 0 fully saturated rings. The van der Waals surface area contributed by atoms with Crippen molar-refractivity contribution in [2.24, 2.45) is 0 Å². The zero-order chi connectivity index (χ0) is 10.7. The highest BCUT2D eigenvalue weighted by atomic mass is 16.3. The second-order valence-electron chi connectivity index (χ2n) is 3.39. The average Bonchev–Trinajstić information content (AvgIpc) is 2.74. The molecule has 0 radical (unpaired) electrons. The average molecular weight is 206 g/mol. The second-order valence-corrected chi connectivity index (χ2v) is 3.39. The first-order valence-electron chi connectivity index (χ1n) is 5.00. The van der Waals surface area contributed by atoms with Gasteiger partial charge in [0.15, 0.2) is 0 Å². The van der Waals surface area contributed by atoms with Crippen molar-refractivity contribution in [2.45, 2.75) is 19.4 Å². The minimum atomic E-state index is 0.0398. The van der Waals surface area contributed by atoms with Gasteiger partial charge in [0.25, 0.3) is 0 Å². The zero-order valence-corrected chi connectivity index (χ0v) is 8.57. The largest absolute Gasteiger partial charge is 0.394 e. The summed E-state index contributed by atoms with van der Waals surface area (Å²) < 4.78 is 0. The summed E-state index contributed by atoms with van der Waals surface area (Å²) in [5.41, 5.74) is 0.806. The van der Waals surface area contributed by atoms with E-state index in [0.29, 0.717) is 0 Å². The molecule has 3 N–H and O–H groups in total. The molecule has 5 nitrogen and oxygen atoms in total. The highest BCUT2D eigenvalue weighted by Crippen LogP contribution is 2.18. The molecule has 0 aliphatic heterocycles. The Morgan fingerprint density at radius 3 is 3.13 bits per heavy atom. The van der Waals surface area contributed by atoms with Crippen molar-refractivity contribution in [2.75, 3.05) is 11.9 Å². The van der Waals surface area contributed by atoms with Gasteiger partial charge in [0.2, 0.25) is 0 Å². The second kappa shape index (κ2) is 4.27. The smallest absolute Gasteiger partial charge is 0.142 e. The molecule has 0 aromatic carbocycles. The van der Waals surface area contributed by atoms with Crippen LogP contribution >= 0.6 is 0 Å². The third kappa shape index (κ3) is 1.92. The van der Waals surface area contributed by atoms with E-state index >= 15 is 0 Å². The highest BCUT2D eigenvalue weighted by molar-refractivity contribution is 5.86. The number of aromatic nitrogens is 3. The van der Waals surface area contributed by atoms with Gasteiger partial charge in [-0.05, 0) is 12.5 Å². The molecular weight excluding hydrogens is 192 g/mol. The number of hydrogen-bond acceptors (Lipinski definition) is 4. The third-order valence-corrected chi connectivity index (χ3v) is 2.41. The molecule has 0 unspecified atom stereocenters. The first-order valence-corrected chi connectivity index (χ1v) is 5.00. The lowest BCUT2D eigenvalue weighted by Gasteiger charge is -2.14. The predicted octanol–water partition coefficient (Wildman–Crippen LogP) is 1.14. The number of anilines is 1. The Balaban J connectivity index is 2.30. The van der Waals surface area contributed by atoms with Crippen molar-refractivity contribution >= 4 is 16.9 Å². The van der Waals surface area contributed by atoms with Gasteiger partial charge in [-0.1, -0.05) is 6.92 Å². The quantitative estimate of drug-likeness (QED) is 0.701. The summed E-state index contributed by atoms with van der Waals surface area (Å²) >= 11 is 0. The van der Waals surface area contributed by atoms with E-state index in [1.54, 1.807) is 0 Å². The Bertz CT molecular complexity index is 436. The third-order valence-electron chi connectivity index (χ3n) is 2.41. The molecule has 0 saturated heterocycles. The Morgan fingerprint density at radius 1 is 1.53 bits per heavy atom. The van der Waals surface area contributed by atoms with Crippen molar-refractivity contribution < 1.29 is 5.11 Å². The molecule has 1 atom stereocenters. The molecule has 2 heterocycles. The first kappa shape index (κ1) is 9.92. The van der Waals surface area contributed by atoms with Crippen LogP contribution in [-0.2, 0) is 0 Å². The van der Waals surface area contributed by atoms with Gasteiger partial charge in [0, 0.05) is 6.20 Å². The van der Waals surface area contributed by atoms with Crippen LogP contribution in [0.5, 0.6) is 0 Å². The van der Waals surface area contributed by atoms with Gasteiger partial charge in [-0.2, -0.15) is 0 Å². The Labute approximate surface area is 87.6 Å². The lowest BCUT2D eigenvalue weighted by Crippen LogP contribution is -2.23. The van der Waals surface area contributed by atoms with E-state index in [2.05, 4.69) is 20.3 Å². The van der Waals surface area contributed by atoms with E-state index in [4.69, 9.17) is 5.11 Å². The molecule has 2 rings (SSSR count). The minimum Gasteiger partial charge on any atom is -0.394 e. The summed E-state index contributed by atoms with van der Waals surface area (Å²) in [6, 6.07) is 1.96. The van der Waals surface area contributed by atoms with Crippen LogP contribution in [-0.4, -0.2) is 32.7 Å². The number of aliphatic hydroxyl groups is 1. The molecule has 0 aliphatic carbocycles. The van der Waals surface area contributed by atoms with Crippen LogP contribution in [0.3, 0.4) is 0 Å². The standard InChI is InChI=1S/C10H14N4O/c1-2-7(5-15)14-10-8-3-4-11-9(8)12-6-13-10/h3-4,6-7,15H,2,5H2,1H3,(H2,11,12,13,14)/t7-/m1/s1. The summed E-state index contributed by atoms with van der Waals surface area (Å²) in [5, 5.41) is 13.2. The number of hydrogen-bond donors (Lipinski definition) is 3. The molecule has 80 valence electrons. The fraction of sp³-hybridized carbons (Fsp3) is 0.400. The number of nitrogens with zero attached hydrogens (tertiary/aromatic N) is 2. The van der Waals surface area contributed by atoms with E-state index in [1.807, 2.05) is 19.2 Å². The number of aliphatic hydroxyl groups excluding tert-OH is 1. The molecule has 15 heavy (non-hydrogen) atoms. The Hall–Kier alpha value is -1.62. The molecule has 0 aliphatic rings. The molecular formula is C10H14N4O. The summed E-state index contributed by atoms with van der Waals surface area (Å²) in [7, 11) is 0. The van der Waals surface area contributed by atoms with E-state index in [9.17, 15) is 0 Å². The van der Waals surface area contributed by atoms with Crippen LogP contribution in [0.2, 0.25) is 0 Å². The number of fused-ring (bicyclic) bond motifs is 1. The maximum atomic E-state index is 9.10. The van der Waals surface area contributed by atoms with Crippen LogP contribution in [0.15, 0.2) is 18.6 Å². The van der Waals surface area contributed by atoms with Gasteiger partial charge in [-0.3, -0.25) is 0 Å². The van der Waals surface area contributed by atoms with Crippen molar-refractivity contribution in [3.05, 3.63) is 18.6 Å². The predicted molar refractivity (Wildman–Crippen MR) is 58.7 cm³/mol. The maximum Gasteiger partial charge on any atom is 0.142 e. The zero-order valence-electron chi connectivity index (χ0n) is 8.57. The van der Waals surface area contributed by atoms with Gasteiger partial charge in [-0.15, -0.1) is 0 Å². The lowest BCUT2D eigenvalue weighted by atomic mass is 10.2. The van der Waals surface area contributed by atoms with Crippen LogP contribution in [0.1, 0.15) is 13.3 Å². The normalized spacial score (nSPS) is 12.9. The van der Waals surface area contributed by atoms with Crippen LogP contribution < -0.4 is 5.32 Å². The number of rotatable bonds is 4. The molecule has 5 heteroatoms. The molecule has 0 amide bonds. The Morgan fingerprint density at radius 2 is 2.40 bits per heavy atom. The maximum absolute atomic E-state index is 9.10. The molecule has 0 bridgehead atoms. The van der Waals surface area contributed by atoms with Gasteiger partial charge < -0.3 is 15.4 Å². The van der Waals surface area contributed by atoms with E-state index in [-0.39, 0.29) is 12.6 Å². The van der Waals surface area contributed by atoms with E-state index in [1.165, 1.54) is 6.33 Å². The van der Waals surface area contributed by atoms with E-state index in [0.717, 1.165) is 23.3 Å². The number of nitrogens with one attached hydrogen (secondary N) is 2. The van der Waals surface area contributed by atoms with Gasteiger partial charge in [0.05, 0.1) is 18.0 Å². The summed E-state index contributed by atoms with van der Waals surface area (Å²) in [6.45, 7) is 2.12. The van der Waals surface area contributed by atoms with Crippen LogP contribution in [0, 0.1) is 0 Å². The summed E-state index contributed by atoms with van der Waals surface area (Å²) in [5.74, 6) is 0.766. The molecule has 0 spiro atoms. The van der Waals surface area contributed by atoms with Crippen molar-refractivity contribution in [1.82, 2.24) is 15.0 Å². The first-order chi connectivity index (χ1) is 7.35. The molecule has 2 aromatic heterocycles. The molecule has 0 saturated carbocycles. The minimum absolute atomic E-state index is 0.0398. The van der Waals surface area contributed by atoms with Crippen LogP contribution in [0.25, 0.3) is 11.0 Å². The SMILES string of the molecule is CC[C@H](CO)Nc1ncnc2[nH]ccc12. The topological polar surface area (TPSA) is 73.8 Å². The number of aromatic amines is 1. The van der Waals surface area contributed by atoms with E-state index < -0.39 is 0 Å². The fourth-order valence-electron chi connectivity index (χ4n) is 1.46. The number of H-pyrrole nitrogens is 1. The van der Waals surface area contributed by atoms with Gasteiger partial charge in [-0.25, -0.2) is 9.97 Å². The summed E-state index contributed by atoms with van der Waals surface area (Å²) in [6.07, 6.45) is 4.18. The van der Waals surface area contributed by atoms with Gasteiger partial charge in [0.1, 0.15) is 17.8 Å². The fourth-order valence-corrected chi connectivity index (χ4v) is 1.46. The monoisotopic (exact) mass is 206 g/mol. The Kier molecular flexibility index (Phi) is 2.82. The molecule has 2 aromatic rings. The van der Waals surface area contributed by atoms with Crippen molar-refractivity contribution in [3.63, 3.8) is 0 Å². The van der Waals surface area contributed by atoms with Crippen LogP contribution in [0.4, 0.5) is 5.82 Å². The highest BCUT2D eigenvalue weighted by Gasteiger charge is 2.08.